The Morgan fingerprint density at radius 2 is 2.06 bits per heavy atom. The van der Waals surface area contributed by atoms with Crippen molar-refractivity contribution < 1.29 is 13.3 Å². The van der Waals surface area contributed by atoms with Crippen LogP contribution in [0.3, 0.4) is 0 Å². The fourth-order valence-corrected chi connectivity index (χ4v) is 1.47. The second kappa shape index (κ2) is 3.92. The van der Waals surface area contributed by atoms with Gasteiger partial charge < -0.3 is 10.3 Å². The molecular formula is C11H10F2N2O. The largest absolute Gasteiger partial charge is 0.368 e. The highest BCUT2D eigenvalue weighted by molar-refractivity contribution is 5.65. The first-order valence-corrected chi connectivity index (χ1v) is 4.69. The summed E-state index contributed by atoms with van der Waals surface area (Å²) in [5.41, 5.74) is 7.27. The number of hydrogen-bond acceptors (Lipinski definition) is 3. The molecule has 84 valence electrons. The van der Waals surface area contributed by atoms with Gasteiger partial charge in [0.2, 0.25) is 5.88 Å². The standard InChI is InChI=1S/C11H10F2N2O/c1-6-2-3-7(11(12)13)4-8(6)9-5-10(14)16-15-9/h2-5,11H,14H2,1H3. The maximum Gasteiger partial charge on any atom is 0.263 e. The van der Waals surface area contributed by atoms with E-state index < -0.39 is 6.43 Å². The minimum absolute atomic E-state index is 0.0397. The summed E-state index contributed by atoms with van der Waals surface area (Å²) in [7, 11) is 0. The van der Waals surface area contributed by atoms with Crippen molar-refractivity contribution in [2.45, 2.75) is 13.3 Å². The fourth-order valence-electron chi connectivity index (χ4n) is 1.47. The normalized spacial score (nSPS) is 11.0. The summed E-state index contributed by atoms with van der Waals surface area (Å²) >= 11 is 0. The van der Waals surface area contributed by atoms with Crippen LogP contribution in [-0.4, -0.2) is 5.16 Å². The lowest BCUT2D eigenvalue weighted by atomic mass is 10.0. The molecule has 2 aromatic rings. The molecule has 0 radical (unpaired) electrons. The summed E-state index contributed by atoms with van der Waals surface area (Å²) < 4.78 is 29.8. The van der Waals surface area contributed by atoms with Crippen LogP contribution in [0.25, 0.3) is 11.3 Å². The number of halogens is 2. The minimum atomic E-state index is -2.50. The fraction of sp³-hybridized carbons (Fsp3) is 0.182. The highest BCUT2D eigenvalue weighted by atomic mass is 19.3. The van der Waals surface area contributed by atoms with Crippen LogP contribution in [0.4, 0.5) is 14.7 Å². The molecule has 0 saturated heterocycles. The van der Waals surface area contributed by atoms with Gasteiger partial charge in [0.15, 0.2) is 0 Å². The molecule has 3 nitrogen and oxygen atoms in total. The summed E-state index contributed by atoms with van der Waals surface area (Å²) in [4.78, 5) is 0. The van der Waals surface area contributed by atoms with Gasteiger partial charge >= 0.3 is 0 Å². The molecule has 16 heavy (non-hydrogen) atoms. The number of benzene rings is 1. The third kappa shape index (κ3) is 1.88. The molecule has 5 heteroatoms. The Labute approximate surface area is 90.9 Å². The molecular weight excluding hydrogens is 214 g/mol. The lowest BCUT2D eigenvalue weighted by molar-refractivity contribution is 0.151. The highest BCUT2D eigenvalue weighted by Gasteiger charge is 2.12. The zero-order valence-corrected chi connectivity index (χ0v) is 8.58. The van der Waals surface area contributed by atoms with E-state index in [1.54, 1.807) is 6.07 Å². The van der Waals surface area contributed by atoms with E-state index in [4.69, 9.17) is 10.3 Å². The molecule has 0 unspecified atom stereocenters. The number of aryl methyl sites for hydroxylation is 1. The van der Waals surface area contributed by atoms with Gasteiger partial charge in [-0.2, -0.15) is 0 Å². The van der Waals surface area contributed by atoms with Crippen LogP contribution in [0.2, 0.25) is 0 Å². The van der Waals surface area contributed by atoms with E-state index in [1.807, 2.05) is 6.92 Å². The molecule has 2 rings (SSSR count). The number of nitrogen functional groups attached to an aromatic ring is 1. The van der Waals surface area contributed by atoms with Crippen molar-refractivity contribution in [2.24, 2.45) is 0 Å². The maximum absolute atomic E-state index is 12.5. The van der Waals surface area contributed by atoms with Crippen molar-refractivity contribution in [2.75, 3.05) is 5.73 Å². The van der Waals surface area contributed by atoms with Crippen LogP contribution >= 0.6 is 0 Å². The molecule has 0 bridgehead atoms. The summed E-state index contributed by atoms with van der Waals surface area (Å²) in [6.45, 7) is 1.81. The number of hydrogen-bond donors (Lipinski definition) is 1. The lowest BCUT2D eigenvalue weighted by Gasteiger charge is -2.05. The summed E-state index contributed by atoms with van der Waals surface area (Å²) in [6.07, 6.45) is -2.50. The van der Waals surface area contributed by atoms with E-state index in [-0.39, 0.29) is 11.4 Å². The van der Waals surface area contributed by atoms with E-state index in [0.29, 0.717) is 11.3 Å². The third-order valence-electron chi connectivity index (χ3n) is 2.32. The first-order valence-electron chi connectivity index (χ1n) is 4.69. The number of nitrogens with zero attached hydrogens (tertiary/aromatic N) is 1. The number of aromatic nitrogens is 1. The molecule has 1 aromatic heterocycles. The van der Waals surface area contributed by atoms with E-state index in [2.05, 4.69) is 5.16 Å². The molecule has 0 aliphatic carbocycles. The molecule has 0 atom stereocenters. The van der Waals surface area contributed by atoms with Gasteiger partial charge in [0.25, 0.3) is 6.43 Å². The molecule has 0 amide bonds. The number of anilines is 1. The van der Waals surface area contributed by atoms with Crippen LogP contribution in [0.1, 0.15) is 17.6 Å². The Bertz CT molecular complexity index is 508. The van der Waals surface area contributed by atoms with E-state index in [9.17, 15) is 8.78 Å². The first kappa shape index (κ1) is 10.6. The molecule has 1 aromatic carbocycles. The Morgan fingerprint density at radius 3 is 2.62 bits per heavy atom. The SMILES string of the molecule is Cc1ccc(C(F)F)cc1-c1cc(N)on1. The molecule has 1 heterocycles. The molecule has 0 aliphatic rings. The second-order valence-corrected chi connectivity index (χ2v) is 3.49. The van der Waals surface area contributed by atoms with Crippen molar-refractivity contribution in [1.82, 2.24) is 5.16 Å². The molecule has 0 aliphatic heterocycles. The summed E-state index contributed by atoms with van der Waals surface area (Å²) in [5.74, 6) is 0.164. The Balaban J connectivity index is 2.51. The smallest absolute Gasteiger partial charge is 0.263 e. The highest BCUT2D eigenvalue weighted by Crippen LogP contribution is 2.28. The van der Waals surface area contributed by atoms with Crippen LogP contribution in [0.5, 0.6) is 0 Å². The first-order chi connectivity index (χ1) is 7.58. The molecule has 0 saturated carbocycles. The molecule has 2 N–H and O–H groups in total. The minimum Gasteiger partial charge on any atom is -0.368 e. The van der Waals surface area contributed by atoms with Gasteiger partial charge in [0, 0.05) is 17.2 Å². The van der Waals surface area contributed by atoms with E-state index in [0.717, 1.165) is 5.56 Å². The average Bonchev–Trinajstić information content (AvgIpc) is 2.65. The van der Waals surface area contributed by atoms with Crippen LogP contribution in [0.15, 0.2) is 28.8 Å². The van der Waals surface area contributed by atoms with E-state index in [1.165, 1.54) is 18.2 Å². The van der Waals surface area contributed by atoms with Crippen LogP contribution in [0, 0.1) is 6.92 Å². The average molecular weight is 224 g/mol. The van der Waals surface area contributed by atoms with Gasteiger partial charge in [-0.25, -0.2) is 8.78 Å². The van der Waals surface area contributed by atoms with Gasteiger partial charge in [-0.15, -0.1) is 0 Å². The van der Waals surface area contributed by atoms with Gasteiger partial charge in [0.1, 0.15) is 5.69 Å². The van der Waals surface area contributed by atoms with E-state index >= 15 is 0 Å². The van der Waals surface area contributed by atoms with Gasteiger partial charge in [-0.3, -0.25) is 0 Å². The van der Waals surface area contributed by atoms with Crippen molar-refractivity contribution in [3.05, 3.63) is 35.4 Å². The summed E-state index contributed by atoms with van der Waals surface area (Å²) in [6, 6.07) is 5.93. The zero-order chi connectivity index (χ0) is 11.7. The zero-order valence-electron chi connectivity index (χ0n) is 8.58. The van der Waals surface area contributed by atoms with Crippen molar-refractivity contribution >= 4 is 5.88 Å². The number of rotatable bonds is 2. The molecule has 0 spiro atoms. The second-order valence-electron chi connectivity index (χ2n) is 3.49. The number of nitrogens with two attached hydrogens (primary N) is 1. The van der Waals surface area contributed by atoms with Crippen molar-refractivity contribution in [3.8, 4) is 11.3 Å². The maximum atomic E-state index is 12.5. The van der Waals surface area contributed by atoms with Crippen molar-refractivity contribution in [1.29, 1.82) is 0 Å². The summed E-state index contributed by atoms with van der Waals surface area (Å²) in [5, 5.41) is 3.70. The topological polar surface area (TPSA) is 52.0 Å². The Kier molecular flexibility index (Phi) is 2.60. The van der Waals surface area contributed by atoms with Gasteiger partial charge in [0.05, 0.1) is 0 Å². The Hall–Kier alpha value is -1.91. The van der Waals surface area contributed by atoms with Gasteiger partial charge in [-0.05, 0) is 18.6 Å². The predicted molar refractivity (Wildman–Crippen MR) is 56.0 cm³/mol. The predicted octanol–water partition coefficient (Wildman–Crippen LogP) is 3.17. The lowest BCUT2D eigenvalue weighted by Crippen LogP contribution is -1.89. The third-order valence-corrected chi connectivity index (χ3v) is 2.32. The van der Waals surface area contributed by atoms with Gasteiger partial charge in [-0.1, -0.05) is 17.3 Å². The number of alkyl halides is 2. The monoisotopic (exact) mass is 224 g/mol. The molecule has 0 fully saturated rings. The van der Waals surface area contributed by atoms with Crippen molar-refractivity contribution in [3.63, 3.8) is 0 Å². The Morgan fingerprint density at radius 1 is 1.31 bits per heavy atom. The van der Waals surface area contributed by atoms with Crippen LogP contribution in [-0.2, 0) is 0 Å². The van der Waals surface area contributed by atoms with Crippen LogP contribution < -0.4 is 5.73 Å². The quantitative estimate of drug-likeness (QED) is 0.852.